The normalized spacial score (nSPS) is 23.6. The molecule has 1 aliphatic rings. The zero-order valence-electron chi connectivity index (χ0n) is 9.50. The highest BCUT2D eigenvalue weighted by molar-refractivity contribution is 6.21. The number of imide groups is 1. The number of hydrogen-bond donors (Lipinski definition) is 0. The van der Waals surface area contributed by atoms with Gasteiger partial charge in [-0.05, 0) is 18.8 Å². The number of benzene rings is 1. The van der Waals surface area contributed by atoms with Crippen LogP contribution in [0.3, 0.4) is 0 Å². The van der Waals surface area contributed by atoms with Crippen molar-refractivity contribution in [3.63, 3.8) is 0 Å². The Morgan fingerprint density at radius 1 is 1.41 bits per heavy atom. The van der Waals surface area contributed by atoms with Crippen LogP contribution in [0.15, 0.2) is 30.3 Å². The van der Waals surface area contributed by atoms with Crippen LogP contribution in [0, 0.1) is 0 Å². The average molecular weight is 229 g/mol. The highest BCUT2D eigenvalue weighted by Gasteiger charge is 2.42. The Bertz CT molecular complexity index is 435. The molecule has 2 rings (SSSR count). The van der Waals surface area contributed by atoms with E-state index in [1.165, 1.54) is 0 Å². The Morgan fingerprint density at radius 2 is 2.06 bits per heavy atom. The van der Waals surface area contributed by atoms with Crippen LogP contribution in [-0.4, -0.2) is 30.8 Å². The Morgan fingerprint density at radius 3 is 2.65 bits per heavy atom. The maximum absolute atomic E-state index is 11.6. The van der Waals surface area contributed by atoms with Crippen molar-refractivity contribution >= 4 is 19.8 Å². The molecule has 1 heterocycles. The van der Waals surface area contributed by atoms with Gasteiger partial charge in [-0.2, -0.15) is 0 Å². The van der Waals surface area contributed by atoms with E-state index >= 15 is 0 Å². The van der Waals surface area contributed by atoms with Gasteiger partial charge in [0.15, 0.2) is 0 Å². The number of carbonyl (C=O) groups excluding carboxylic acids is 2. The summed E-state index contributed by atoms with van der Waals surface area (Å²) in [4.78, 5) is 24.2. The van der Waals surface area contributed by atoms with Crippen LogP contribution in [-0.2, 0) is 9.53 Å². The van der Waals surface area contributed by atoms with Gasteiger partial charge in [0.2, 0.25) is 5.91 Å². The van der Waals surface area contributed by atoms with E-state index in [1.54, 1.807) is 6.92 Å². The van der Waals surface area contributed by atoms with Gasteiger partial charge < -0.3 is 4.74 Å². The molecule has 5 heteroatoms. The first-order chi connectivity index (χ1) is 8.15. The van der Waals surface area contributed by atoms with Gasteiger partial charge >= 0.3 is 6.09 Å². The molecule has 0 aromatic heterocycles. The molecule has 0 bridgehead atoms. The van der Waals surface area contributed by atoms with Gasteiger partial charge in [0.25, 0.3) is 0 Å². The predicted octanol–water partition coefficient (Wildman–Crippen LogP) is 1.68. The van der Waals surface area contributed by atoms with E-state index in [0.717, 1.165) is 10.5 Å². The first kappa shape index (κ1) is 11.7. The van der Waals surface area contributed by atoms with Crippen molar-refractivity contribution in [2.45, 2.75) is 25.4 Å². The monoisotopic (exact) mass is 229 g/mol. The maximum Gasteiger partial charge on any atom is 0.417 e. The van der Waals surface area contributed by atoms with E-state index in [1.807, 2.05) is 30.3 Å². The summed E-state index contributed by atoms with van der Waals surface area (Å²) in [7, 11) is 5.26. The van der Waals surface area contributed by atoms with Crippen LogP contribution < -0.4 is 0 Å². The molecule has 0 N–H and O–H groups in total. The molecule has 1 fully saturated rings. The number of carbonyl (C=O) groups is 2. The average Bonchev–Trinajstić information content (AvgIpc) is 2.65. The lowest BCUT2D eigenvalue weighted by atomic mass is 10.0. The number of cyclic esters (lactones) is 1. The molecule has 4 nitrogen and oxygen atoms in total. The van der Waals surface area contributed by atoms with Crippen molar-refractivity contribution in [2.24, 2.45) is 0 Å². The van der Waals surface area contributed by atoms with E-state index in [2.05, 4.69) is 0 Å². The summed E-state index contributed by atoms with van der Waals surface area (Å²) in [6, 6.07) is 9.01. The fraction of sp³-hybridized carbons (Fsp3) is 0.333. The van der Waals surface area contributed by atoms with Crippen molar-refractivity contribution in [2.75, 3.05) is 0 Å². The molecule has 0 spiro atoms. The van der Waals surface area contributed by atoms with Crippen molar-refractivity contribution in [3.8, 4) is 0 Å². The third-order valence-electron chi connectivity index (χ3n) is 2.84. The second-order valence-corrected chi connectivity index (χ2v) is 3.92. The summed E-state index contributed by atoms with van der Waals surface area (Å²) in [5, 5.41) is 0. The smallest absolute Gasteiger partial charge is 0.417 e. The van der Waals surface area contributed by atoms with Gasteiger partial charge in [-0.3, -0.25) is 4.79 Å². The van der Waals surface area contributed by atoms with Crippen LogP contribution >= 0.6 is 0 Å². The molecule has 2 amide bonds. The maximum atomic E-state index is 11.6. The van der Waals surface area contributed by atoms with Gasteiger partial charge in [-0.15, -0.1) is 0 Å². The number of nitrogens with zero attached hydrogens (tertiary/aromatic N) is 1. The Hall–Kier alpha value is -1.78. The highest BCUT2D eigenvalue weighted by Crippen LogP contribution is 2.32. The van der Waals surface area contributed by atoms with Gasteiger partial charge in [-0.1, -0.05) is 30.3 Å². The minimum Gasteiger partial charge on any atom is -0.439 e. The van der Waals surface area contributed by atoms with Gasteiger partial charge in [0.05, 0.1) is 13.9 Å². The Kier molecular flexibility index (Phi) is 3.18. The summed E-state index contributed by atoms with van der Waals surface area (Å²) < 4.78 is 5.21. The second kappa shape index (κ2) is 4.61. The fourth-order valence-electron chi connectivity index (χ4n) is 1.98. The largest absolute Gasteiger partial charge is 0.439 e. The highest BCUT2D eigenvalue weighted by atomic mass is 16.6. The Balaban J connectivity index is 2.24. The predicted molar refractivity (Wildman–Crippen MR) is 62.5 cm³/mol. The quantitative estimate of drug-likeness (QED) is 0.724. The summed E-state index contributed by atoms with van der Waals surface area (Å²) in [5.74, 6) is -0.416. The molecule has 17 heavy (non-hydrogen) atoms. The van der Waals surface area contributed by atoms with E-state index in [9.17, 15) is 9.59 Å². The lowest BCUT2D eigenvalue weighted by Crippen LogP contribution is -2.37. The molecule has 2 radical (unpaired) electrons. The molecular formula is C12H12BNO3. The standard InChI is InChI=1S/C12H12BNO3/c1-8-11(9-5-3-2-4-6-9)17-12(16)14(8)10(15)7-13/h2-6,8,11H,7H2,1H3/t8-,11-/m0/s1. The Labute approximate surface area is 101 Å². The second-order valence-electron chi connectivity index (χ2n) is 3.92. The van der Waals surface area contributed by atoms with Gasteiger partial charge in [-0.25, -0.2) is 9.69 Å². The van der Waals surface area contributed by atoms with Crippen molar-refractivity contribution in [1.82, 2.24) is 4.90 Å². The minimum absolute atomic E-state index is 0.194. The lowest BCUT2D eigenvalue weighted by Gasteiger charge is -2.18. The van der Waals surface area contributed by atoms with Crippen molar-refractivity contribution in [3.05, 3.63) is 35.9 Å². The summed E-state index contributed by atoms with van der Waals surface area (Å²) in [5.41, 5.74) is 0.876. The molecule has 2 atom stereocenters. The van der Waals surface area contributed by atoms with Crippen LogP contribution in [0.2, 0.25) is 6.32 Å². The molecular weight excluding hydrogens is 217 g/mol. The lowest BCUT2D eigenvalue weighted by molar-refractivity contribution is -0.126. The molecule has 1 aromatic carbocycles. The van der Waals surface area contributed by atoms with Crippen LogP contribution in [0.1, 0.15) is 18.6 Å². The number of ether oxygens (including phenoxy) is 1. The van der Waals surface area contributed by atoms with E-state index in [0.29, 0.717) is 0 Å². The van der Waals surface area contributed by atoms with Crippen molar-refractivity contribution < 1.29 is 14.3 Å². The van der Waals surface area contributed by atoms with Crippen LogP contribution in [0.4, 0.5) is 4.79 Å². The van der Waals surface area contributed by atoms with E-state index in [-0.39, 0.29) is 12.4 Å². The van der Waals surface area contributed by atoms with E-state index < -0.39 is 18.1 Å². The van der Waals surface area contributed by atoms with Crippen LogP contribution in [0.5, 0.6) is 0 Å². The molecule has 86 valence electrons. The van der Waals surface area contributed by atoms with Gasteiger partial charge in [0.1, 0.15) is 6.10 Å². The zero-order chi connectivity index (χ0) is 12.4. The van der Waals surface area contributed by atoms with Crippen LogP contribution in [0.25, 0.3) is 0 Å². The minimum atomic E-state index is -0.623. The molecule has 0 unspecified atom stereocenters. The summed E-state index contributed by atoms with van der Waals surface area (Å²) in [6.07, 6.45) is -1.23. The third kappa shape index (κ3) is 2.05. The van der Waals surface area contributed by atoms with E-state index in [4.69, 9.17) is 12.6 Å². The van der Waals surface area contributed by atoms with Crippen molar-refractivity contribution in [1.29, 1.82) is 0 Å². The third-order valence-corrected chi connectivity index (χ3v) is 2.84. The molecule has 1 aromatic rings. The molecule has 1 aliphatic heterocycles. The number of rotatable bonds is 2. The number of amides is 2. The zero-order valence-corrected chi connectivity index (χ0v) is 9.50. The molecule has 0 aliphatic carbocycles. The SMILES string of the molecule is [B]CC(=O)N1C(=O)O[C@H](c2ccccc2)[C@@H]1C. The first-order valence-corrected chi connectivity index (χ1v) is 5.43. The summed E-state index contributed by atoms with van der Waals surface area (Å²) >= 11 is 0. The fourth-order valence-corrected chi connectivity index (χ4v) is 1.98. The number of hydrogen-bond acceptors (Lipinski definition) is 3. The van der Waals surface area contributed by atoms with Gasteiger partial charge in [0, 0.05) is 0 Å². The topological polar surface area (TPSA) is 46.6 Å². The molecule has 0 saturated carbocycles. The first-order valence-electron chi connectivity index (χ1n) is 5.43. The summed E-state index contributed by atoms with van der Waals surface area (Å²) in [6.45, 7) is 1.77. The molecule has 1 saturated heterocycles.